The number of benzene rings is 2. The minimum absolute atomic E-state index is 0.0259. The maximum Gasteiger partial charge on any atom is 0.264 e. The van der Waals surface area contributed by atoms with Gasteiger partial charge in [0.2, 0.25) is 11.9 Å². The van der Waals surface area contributed by atoms with Crippen molar-refractivity contribution in [3.05, 3.63) is 60.2 Å². The molecule has 3 N–H and O–H groups in total. The molecule has 28 heavy (non-hydrogen) atoms. The fraction of sp³-hybridized carbons (Fsp3) is 0.211. The summed E-state index contributed by atoms with van der Waals surface area (Å²) in [5.41, 5.74) is 4.85. The third-order valence-corrected chi connectivity index (χ3v) is 5.57. The highest BCUT2D eigenvalue weighted by atomic mass is 32.2. The van der Waals surface area contributed by atoms with E-state index in [9.17, 15) is 13.2 Å². The zero-order valence-electron chi connectivity index (χ0n) is 15.5. The molecule has 0 saturated carbocycles. The van der Waals surface area contributed by atoms with Crippen LogP contribution in [-0.4, -0.2) is 33.0 Å². The molecule has 2 aromatic rings. The summed E-state index contributed by atoms with van der Waals surface area (Å²) in [5, 5.41) is 7.08. The molecule has 1 unspecified atom stereocenters. The molecule has 0 bridgehead atoms. The van der Waals surface area contributed by atoms with Crippen LogP contribution in [0.4, 0.5) is 5.69 Å². The summed E-state index contributed by atoms with van der Waals surface area (Å²) in [4.78, 5) is 15.5. The van der Waals surface area contributed by atoms with E-state index in [-0.39, 0.29) is 22.7 Å². The predicted molar refractivity (Wildman–Crippen MR) is 109 cm³/mol. The lowest BCUT2D eigenvalue weighted by atomic mass is 9.94. The molecule has 0 saturated heterocycles. The van der Waals surface area contributed by atoms with Crippen molar-refractivity contribution in [1.82, 2.24) is 10.1 Å². The van der Waals surface area contributed by atoms with Crippen LogP contribution >= 0.6 is 0 Å². The second-order valence-corrected chi connectivity index (χ2v) is 8.01. The third-order valence-electron chi connectivity index (χ3n) is 4.21. The highest BCUT2D eigenvalue weighted by Crippen LogP contribution is 2.18. The van der Waals surface area contributed by atoms with Crippen molar-refractivity contribution >= 4 is 33.3 Å². The van der Waals surface area contributed by atoms with Crippen molar-refractivity contribution in [1.29, 1.82) is 0 Å². The fourth-order valence-corrected chi connectivity index (χ4v) is 3.81. The summed E-state index contributed by atoms with van der Waals surface area (Å²) in [5.74, 6) is 0.0364. The summed E-state index contributed by atoms with van der Waals surface area (Å²) < 4.78 is 27.3. The molecule has 146 valence electrons. The van der Waals surface area contributed by atoms with Crippen LogP contribution in [0.3, 0.4) is 0 Å². The van der Waals surface area contributed by atoms with Crippen LogP contribution in [0.15, 0.2) is 69.6 Å². The average Bonchev–Trinajstić information content (AvgIpc) is 2.69. The first-order valence-electron chi connectivity index (χ1n) is 8.67. The Bertz CT molecular complexity index is 1020. The van der Waals surface area contributed by atoms with Gasteiger partial charge in [-0.25, -0.2) is 18.6 Å². The number of nitrogens with zero attached hydrogens (tertiary/aromatic N) is 2. The Morgan fingerprint density at radius 1 is 1.14 bits per heavy atom. The fourth-order valence-electron chi connectivity index (χ4n) is 2.78. The second-order valence-electron chi connectivity index (χ2n) is 6.33. The van der Waals surface area contributed by atoms with E-state index < -0.39 is 10.0 Å². The van der Waals surface area contributed by atoms with Gasteiger partial charge in [-0.3, -0.25) is 9.79 Å². The SMILES string of the molecule is CN=C(Nc1ccc(C2=NNC(=O)CC2C)cc1)NS(=O)(=O)c1ccccc1. The maximum absolute atomic E-state index is 12.4. The number of hydrogen-bond donors (Lipinski definition) is 3. The number of hydrazone groups is 1. The van der Waals surface area contributed by atoms with Crippen LogP contribution in [-0.2, 0) is 14.8 Å². The predicted octanol–water partition coefficient (Wildman–Crippen LogP) is 1.92. The number of amides is 1. The van der Waals surface area contributed by atoms with Gasteiger partial charge in [-0.05, 0) is 29.8 Å². The van der Waals surface area contributed by atoms with Gasteiger partial charge in [0, 0.05) is 25.1 Å². The van der Waals surface area contributed by atoms with Crippen molar-refractivity contribution in [2.45, 2.75) is 18.2 Å². The molecule has 0 radical (unpaired) electrons. The normalized spacial score (nSPS) is 17.5. The zero-order valence-corrected chi connectivity index (χ0v) is 16.3. The van der Waals surface area contributed by atoms with E-state index in [1.165, 1.54) is 19.2 Å². The standard InChI is InChI=1S/C19H21N5O3S/c1-13-12-17(25)22-23-18(13)14-8-10-15(11-9-14)21-19(20-2)24-28(26,27)16-6-4-3-5-7-16/h3-11,13H,12H2,1-2H3,(H,22,25)(H2,20,21,24). The summed E-state index contributed by atoms with van der Waals surface area (Å²) in [6.07, 6.45) is 0.396. The minimum atomic E-state index is -3.73. The number of carbonyl (C=O) groups excluding carboxylic acids is 1. The molecular weight excluding hydrogens is 378 g/mol. The minimum Gasteiger partial charge on any atom is -0.326 e. The van der Waals surface area contributed by atoms with Crippen molar-refractivity contribution < 1.29 is 13.2 Å². The zero-order chi connectivity index (χ0) is 20.1. The van der Waals surface area contributed by atoms with Crippen LogP contribution < -0.4 is 15.5 Å². The highest BCUT2D eigenvalue weighted by molar-refractivity contribution is 7.90. The number of rotatable bonds is 4. The molecule has 1 aliphatic rings. The molecule has 9 heteroatoms. The van der Waals surface area contributed by atoms with Gasteiger partial charge in [0.15, 0.2) is 0 Å². The topological polar surface area (TPSA) is 112 Å². The Morgan fingerprint density at radius 2 is 1.82 bits per heavy atom. The van der Waals surface area contributed by atoms with E-state index in [0.717, 1.165) is 11.3 Å². The summed E-state index contributed by atoms with van der Waals surface area (Å²) >= 11 is 0. The number of nitrogens with one attached hydrogen (secondary N) is 3. The molecule has 0 aliphatic carbocycles. The summed E-state index contributed by atoms with van der Waals surface area (Å²) in [7, 11) is -2.24. The summed E-state index contributed by atoms with van der Waals surface area (Å²) in [6, 6.07) is 15.4. The second kappa shape index (κ2) is 8.22. The van der Waals surface area contributed by atoms with E-state index in [4.69, 9.17) is 0 Å². The third kappa shape index (κ3) is 4.55. The number of carbonyl (C=O) groups is 1. The van der Waals surface area contributed by atoms with Crippen molar-refractivity contribution in [2.75, 3.05) is 12.4 Å². The molecule has 1 heterocycles. The van der Waals surface area contributed by atoms with Crippen molar-refractivity contribution in [3.63, 3.8) is 0 Å². The Balaban J connectivity index is 1.71. The van der Waals surface area contributed by atoms with E-state index >= 15 is 0 Å². The first kappa shape index (κ1) is 19.6. The first-order valence-corrected chi connectivity index (χ1v) is 10.2. The number of aliphatic imine (C=N–C) groups is 1. The molecule has 1 amide bonds. The molecule has 2 aromatic carbocycles. The maximum atomic E-state index is 12.4. The van der Waals surface area contributed by atoms with Gasteiger partial charge >= 0.3 is 0 Å². The summed E-state index contributed by atoms with van der Waals surface area (Å²) in [6.45, 7) is 1.95. The molecule has 8 nitrogen and oxygen atoms in total. The molecule has 3 rings (SSSR count). The smallest absolute Gasteiger partial charge is 0.264 e. The Labute approximate surface area is 163 Å². The number of hydrogen-bond acceptors (Lipinski definition) is 5. The van der Waals surface area contributed by atoms with Gasteiger partial charge in [0.25, 0.3) is 10.0 Å². The largest absolute Gasteiger partial charge is 0.326 e. The van der Waals surface area contributed by atoms with Gasteiger partial charge in [-0.1, -0.05) is 37.3 Å². The van der Waals surface area contributed by atoms with Crippen LogP contribution in [0.5, 0.6) is 0 Å². The van der Waals surface area contributed by atoms with E-state index in [1.54, 1.807) is 30.3 Å². The molecule has 0 spiro atoms. The Morgan fingerprint density at radius 3 is 2.43 bits per heavy atom. The van der Waals surface area contributed by atoms with E-state index in [0.29, 0.717) is 12.1 Å². The van der Waals surface area contributed by atoms with Gasteiger partial charge in [0.1, 0.15) is 0 Å². The lowest BCUT2D eigenvalue weighted by Crippen LogP contribution is -2.35. The molecule has 0 fully saturated rings. The number of sulfonamides is 1. The van der Waals surface area contributed by atoms with Gasteiger partial charge in [-0.2, -0.15) is 5.10 Å². The van der Waals surface area contributed by atoms with E-state index in [2.05, 4.69) is 25.6 Å². The Hall–Kier alpha value is -3.20. The molecule has 1 atom stereocenters. The van der Waals surface area contributed by atoms with Crippen LogP contribution in [0, 0.1) is 5.92 Å². The van der Waals surface area contributed by atoms with Gasteiger partial charge < -0.3 is 5.32 Å². The highest BCUT2D eigenvalue weighted by Gasteiger charge is 2.21. The number of guanidine groups is 1. The average molecular weight is 399 g/mol. The van der Waals surface area contributed by atoms with Crippen LogP contribution in [0.1, 0.15) is 18.9 Å². The van der Waals surface area contributed by atoms with Crippen molar-refractivity contribution in [2.24, 2.45) is 16.0 Å². The van der Waals surface area contributed by atoms with Crippen LogP contribution in [0.25, 0.3) is 0 Å². The lowest BCUT2D eigenvalue weighted by Gasteiger charge is -2.19. The van der Waals surface area contributed by atoms with E-state index in [1.807, 2.05) is 19.1 Å². The molecule has 1 aliphatic heterocycles. The van der Waals surface area contributed by atoms with Crippen LogP contribution in [0.2, 0.25) is 0 Å². The number of anilines is 1. The van der Waals surface area contributed by atoms with Crippen molar-refractivity contribution in [3.8, 4) is 0 Å². The quantitative estimate of drug-likeness (QED) is 0.539. The monoisotopic (exact) mass is 399 g/mol. The molecule has 0 aromatic heterocycles. The van der Waals surface area contributed by atoms with Gasteiger partial charge in [-0.15, -0.1) is 0 Å². The Kier molecular flexibility index (Phi) is 5.74. The van der Waals surface area contributed by atoms with Gasteiger partial charge in [0.05, 0.1) is 10.6 Å². The first-order chi connectivity index (χ1) is 13.4. The molecular formula is C19H21N5O3S. The lowest BCUT2D eigenvalue weighted by molar-refractivity contribution is -0.121.